The minimum Gasteiger partial charge on any atom is -0.435 e. The molecule has 0 aliphatic rings. The second-order valence-corrected chi connectivity index (χ2v) is 1.64. The largest absolute Gasteiger partial charge is 0.435 e. The number of hydrogen-bond acceptors (Lipinski definition) is 3. The van der Waals surface area contributed by atoms with Crippen molar-refractivity contribution in [2.24, 2.45) is 0 Å². The molecule has 0 radical (unpaired) electrons. The van der Waals surface area contributed by atoms with Crippen LogP contribution >= 0.6 is 11.6 Å². The number of rotatable bonds is 4. The van der Waals surface area contributed by atoms with Crippen LogP contribution in [0.15, 0.2) is 12.8 Å². The average molecular weight is 153 g/mol. The molecule has 0 aromatic heterocycles. The van der Waals surface area contributed by atoms with Crippen molar-refractivity contribution >= 4 is 11.6 Å². The molecule has 0 unspecified atom stereocenters. The Hall–Kier alpha value is -0.250. The van der Waals surface area contributed by atoms with Crippen molar-refractivity contribution < 1.29 is 14.2 Å². The summed E-state index contributed by atoms with van der Waals surface area (Å²) in [6, 6.07) is 0. The van der Waals surface area contributed by atoms with Gasteiger partial charge in [0.25, 0.3) is 0 Å². The van der Waals surface area contributed by atoms with E-state index in [0.717, 1.165) is 6.26 Å². The molecule has 3 nitrogen and oxygen atoms in total. The maximum atomic E-state index is 5.47. The predicted molar refractivity (Wildman–Crippen MR) is 33.9 cm³/mol. The van der Waals surface area contributed by atoms with Gasteiger partial charge in [0, 0.05) is 14.2 Å². The Morgan fingerprint density at radius 1 is 1.44 bits per heavy atom. The lowest BCUT2D eigenvalue weighted by Crippen LogP contribution is -2.27. The van der Waals surface area contributed by atoms with Crippen molar-refractivity contribution in [1.29, 1.82) is 0 Å². The summed E-state index contributed by atoms with van der Waals surface area (Å²) in [6.45, 7) is 3.27. The van der Waals surface area contributed by atoms with Crippen LogP contribution in [0, 0.1) is 0 Å². The maximum Gasteiger partial charge on any atom is 0.414 e. The number of halogens is 1. The molecule has 0 amide bonds. The zero-order valence-corrected chi connectivity index (χ0v) is 6.14. The molecule has 0 saturated carbocycles. The molecule has 0 heterocycles. The predicted octanol–water partition coefficient (Wildman–Crippen LogP) is 1.29. The normalized spacial score (nSPS) is 11.0. The Bertz CT molecular complexity index is 90.2. The van der Waals surface area contributed by atoms with E-state index in [1.165, 1.54) is 14.2 Å². The van der Waals surface area contributed by atoms with Crippen LogP contribution < -0.4 is 0 Å². The Labute approximate surface area is 59.2 Å². The van der Waals surface area contributed by atoms with Gasteiger partial charge in [-0.05, 0) is 11.6 Å². The molecule has 0 aliphatic carbocycles. The Kier molecular flexibility index (Phi) is 3.61. The SMILES string of the molecule is C=COC(Cl)(OC)OC. The minimum absolute atomic E-state index is 1.14. The highest BCUT2D eigenvalue weighted by molar-refractivity contribution is 6.20. The third-order valence-corrected chi connectivity index (χ3v) is 1.11. The van der Waals surface area contributed by atoms with E-state index < -0.39 is 5.43 Å². The van der Waals surface area contributed by atoms with E-state index in [4.69, 9.17) is 11.6 Å². The van der Waals surface area contributed by atoms with E-state index in [1.807, 2.05) is 0 Å². The van der Waals surface area contributed by atoms with Crippen LogP contribution in [-0.4, -0.2) is 19.7 Å². The molecule has 0 atom stereocenters. The van der Waals surface area contributed by atoms with Crippen LogP contribution in [0.4, 0.5) is 0 Å². The van der Waals surface area contributed by atoms with Crippen molar-refractivity contribution in [1.82, 2.24) is 0 Å². The quantitative estimate of drug-likeness (QED) is 0.345. The fraction of sp³-hybridized carbons (Fsp3) is 0.600. The Morgan fingerprint density at radius 3 is 2.00 bits per heavy atom. The molecule has 0 aromatic rings. The summed E-state index contributed by atoms with van der Waals surface area (Å²) in [7, 11) is 2.72. The first-order valence-electron chi connectivity index (χ1n) is 2.26. The first-order valence-corrected chi connectivity index (χ1v) is 2.64. The highest BCUT2D eigenvalue weighted by atomic mass is 35.5. The van der Waals surface area contributed by atoms with Crippen LogP contribution in [-0.2, 0) is 14.2 Å². The van der Waals surface area contributed by atoms with Gasteiger partial charge in [-0.25, -0.2) is 0 Å². The number of hydrogen-bond donors (Lipinski definition) is 0. The summed E-state index contributed by atoms with van der Waals surface area (Å²) < 4.78 is 13.8. The average Bonchev–Trinajstić information content (AvgIpc) is 1.89. The second kappa shape index (κ2) is 3.71. The van der Waals surface area contributed by atoms with E-state index in [9.17, 15) is 0 Å². The first-order chi connectivity index (χ1) is 4.18. The monoisotopic (exact) mass is 152 g/mol. The van der Waals surface area contributed by atoms with E-state index >= 15 is 0 Å². The van der Waals surface area contributed by atoms with Crippen molar-refractivity contribution in [3.05, 3.63) is 12.8 Å². The van der Waals surface area contributed by atoms with E-state index in [2.05, 4.69) is 20.8 Å². The lowest BCUT2D eigenvalue weighted by molar-refractivity contribution is -0.279. The van der Waals surface area contributed by atoms with Crippen molar-refractivity contribution in [3.63, 3.8) is 0 Å². The highest BCUT2D eigenvalue weighted by Crippen LogP contribution is 2.17. The standard InChI is InChI=1S/C5H9ClO3/c1-4-9-5(6,7-2)8-3/h4H,1H2,2-3H3. The molecule has 54 valence electrons. The van der Waals surface area contributed by atoms with E-state index in [-0.39, 0.29) is 0 Å². The fourth-order valence-electron chi connectivity index (χ4n) is 0.279. The zero-order chi connectivity index (χ0) is 7.33. The maximum absolute atomic E-state index is 5.47. The third kappa shape index (κ3) is 2.70. The summed E-state index contributed by atoms with van der Waals surface area (Å²) in [5, 5.41) is 0. The summed E-state index contributed by atoms with van der Waals surface area (Å²) in [5.41, 5.74) is -1.51. The van der Waals surface area contributed by atoms with Gasteiger partial charge >= 0.3 is 5.43 Å². The Balaban J connectivity index is 3.75. The zero-order valence-electron chi connectivity index (χ0n) is 5.39. The molecule has 0 bridgehead atoms. The number of ether oxygens (including phenoxy) is 3. The molecule has 4 heteroatoms. The number of methoxy groups -OCH3 is 2. The lowest BCUT2D eigenvalue weighted by Gasteiger charge is -2.20. The molecule has 0 aromatic carbocycles. The van der Waals surface area contributed by atoms with Crippen LogP contribution in [0.1, 0.15) is 0 Å². The van der Waals surface area contributed by atoms with Crippen LogP contribution in [0.3, 0.4) is 0 Å². The Morgan fingerprint density at radius 2 is 1.89 bits per heavy atom. The number of alkyl halides is 1. The summed E-state index contributed by atoms with van der Waals surface area (Å²) in [4.78, 5) is 0. The van der Waals surface area contributed by atoms with Crippen LogP contribution in [0.5, 0.6) is 0 Å². The third-order valence-electron chi connectivity index (χ3n) is 0.712. The summed E-state index contributed by atoms with van der Waals surface area (Å²) in [5.74, 6) is 0. The highest BCUT2D eigenvalue weighted by Gasteiger charge is 2.26. The van der Waals surface area contributed by atoms with Gasteiger partial charge in [-0.1, -0.05) is 6.58 Å². The van der Waals surface area contributed by atoms with Gasteiger partial charge in [-0.3, -0.25) is 0 Å². The van der Waals surface area contributed by atoms with Gasteiger partial charge in [0.1, 0.15) is 0 Å². The van der Waals surface area contributed by atoms with Crippen molar-refractivity contribution in [2.45, 2.75) is 5.43 Å². The van der Waals surface area contributed by atoms with Crippen molar-refractivity contribution in [2.75, 3.05) is 14.2 Å². The molecule has 9 heavy (non-hydrogen) atoms. The van der Waals surface area contributed by atoms with Gasteiger partial charge in [-0.15, -0.1) is 0 Å². The van der Waals surface area contributed by atoms with Gasteiger partial charge in [0.05, 0.1) is 6.26 Å². The van der Waals surface area contributed by atoms with Crippen LogP contribution in [0.25, 0.3) is 0 Å². The topological polar surface area (TPSA) is 27.7 Å². The second-order valence-electron chi connectivity index (χ2n) is 1.17. The molecular formula is C5H9ClO3. The molecule has 0 aliphatic heterocycles. The smallest absolute Gasteiger partial charge is 0.414 e. The molecule has 0 spiro atoms. The van der Waals surface area contributed by atoms with Gasteiger partial charge in [0.15, 0.2) is 0 Å². The minimum atomic E-state index is -1.51. The molecule has 0 saturated heterocycles. The molecule has 0 fully saturated rings. The van der Waals surface area contributed by atoms with Crippen molar-refractivity contribution in [3.8, 4) is 0 Å². The molecular weight excluding hydrogens is 144 g/mol. The summed E-state index contributed by atoms with van der Waals surface area (Å²) in [6.07, 6.45) is 1.14. The van der Waals surface area contributed by atoms with E-state index in [1.54, 1.807) is 0 Å². The van der Waals surface area contributed by atoms with Gasteiger partial charge in [0.2, 0.25) is 0 Å². The molecule has 0 N–H and O–H groups in total. The van der Waals surface area contributed by atoms with Gasteiger partial charge < -0.3 is 14.2 Å². The fourth-order valence-corrected chi connectivity index (χ4v) is 0.342. The van der Waals surface area contributed by atoms with E-state index in [0.29, 0.717) is 0 Å². The lowest BCUT2D eigenvalue weighted by atomic mass is 11.1. The van der Waals surface area contributed by atoms with Gasteiger partial charge in [-0.2, -0.15) is 0 Å². The summed E-state index contributed by atoms with van der Waals surface area (Å²) >= 11 is 5.47. The van der Waals surface area contributed by atoms with Crippen LogP contribution in [0.2, 0.25) is 0 Å². The first kappa shape index (κ1) is 8.75. The molecule has 0 rings (SSSR count).